The number of hydrogen-bond acceptors (Lipinski definition) is 7. The molecule has 1 aromatic heterocycles. The van der Waals surface area contributed by atoms with Crippen LogP contribution in [0, 0.1) is 0 Å². The maximum atomic E-state index is 12.3. The van der Waals surface area contributed by atoms with Gasteiger partial charge in [-0.3, -0.25) is 4.79 Å². The van der Waals surface area contributed by atoms with Gasteiger partial charge in [-0.25, -0.2) is 4.98 Å². The van der Waals surface area contributed by atoms with Crippen molar-refractivity contribution in [2.24, 2.45) is 0 Å². The average molecular weight is 456 g/mol. The standard InChI is InChI=1S/C22H22ClN5O2S/c23-16-10-14-12-30-11-13-4-3-5-15(18(13)14)19(16)20-25-21(24)27-22(26-20)31-9-6-17(29)28-7-1-2-8-28/h3-5,10H,1-2,6-9,11-12H2,(H2,24,25,26,27). The number of rotatable bonds is 5. The maximum absolute atomic E-state index is 12.3. The van der Waals surface area contributed by atoms with Gasteiger partial charge < -0.3 is 15.4 Å². The highest BCUT2D eigenvalue weighted by Crippen LogP contribution is 2.39. The van der Waals surface area contributed by atoms with Crippen LogP contribution >= 0.6 is 23.4 Å². The number of halogens is 1. The molecular weight excluding hydrogens is 434 g/mol. The molecule has 0 radical (unpaired) electrons. The zero-order chi connectivity index (χ0) is 21.4. The highest BCUT2D eigenvalue weighted by molar-refractivity contribution is 7.99. The molecule has 160 valence electrons. The molecule has 0 unspecified atom stereocenters. The summed E-state index contributed by atoms with van der Waals surface area (Å²) in [6, 6.07) is 7.99. The van der Waals surface area contributed by atoms with Gasteiger partial charge in [0.05, 0.1) is 18.2 Å². The number of amides is 1. The van der Waals surface area contributed by atoms with Crippen LogP contribution < -0.4 is 5.73 Å². The maximum Gasteiger partial charge on any atom is 0.224 e. The number of benzene rings is 2. The van der Waals surface area contributed by atoms with Crippen LogP contribution in [0.5, 0.6) is 0 Å². The Labute approximate surface area is 189 Å². The third-order valence-electron chi connectivity index (χ3n) is 5.66. The number of carbonyl (C=O) groups is 1. The van der Waals surface area contributed by atoms with Gasteiger partial charge in [-0.05, 0) is 40.8 Å². The molecule has 2 N–H and O–H groups in total. The van der Waals surface area contributed by atoms with E-state index >= 15 is 0 Å². The molecule has 0 saturated carbocycles. The quantitative estimate of drug-likeness (QED) is 0.579. The first-order chi connectivity index (χ1) is 15.1. The van der Waals surface area contributed by atoms with Crippen molar-refractivity contribution in [3.63, 3.8) is 0 Å². The molecule has 3 heterocycles. The third kappa shape index (κ3) is 4.07. The highest BCUT2D eigenvalue weighted by Gasteiger charge is 2.21. The molecule has 9 heteroatoms. The van der Waals surface area contributed by atoms with E-state index in [9.17, 15) is 4.79 Å². The highest BCUT2D eigenvalue weighted by atomic mass is 35.5. The summed E-state index contributed by atoms with van der Waals surface area (Å²) in [5.41, 5.74) is 8.93. The van der Waals surface area contributed by atoms with Crippen molar-refractivity contribution in [2.75, 3.05) is 24.6 Å². The second kappa shape index (κ2) is 8.61. The summed E-state index contributed by atoms with van der Waals surface area (Å²) in [6.45, 7) is 2.82. The summed E-state index contributed by atoms with van der Waals surface area (Å²) in [5.74, 6) is 1.35. The number of carbonyl (C=O) groups excluding carboxylic acids is 1. The van der Waals surface area contributed by atoms with Crippen molar-refractivity contribution < 1.29 is 9.53 Å². The van der Waals surface area contributed by atoms with Gasteiger partial charge >= 0.3 is 0 Å². The molecule has 2 aliphatic heterocycles. The van der Waals surface area contributed by atoms with Gasteiger partial charge in [-0.15, -0.1) is 0 Å². The van der Waals surface area contributed by atoms with Crippen LogP contribution in [0.4, 0.5) is 5.95 Å². The Bertz CT molecular complexity index is 1170. The number of thioether (sulfide) groups is 1. The molecule has 0 spiro atoms. The molecule has 2 aliphatic rings. The Kier molecular flexibility index (Phi) is 5.69. The molecule has 5 rings (SSSR count). The van der Waals surface area contributed by atoms with Crippen LogP contribution in [-0.2, 0) is 22.7 Å². The van der Waals surface area contributed by atoms with E-state index in [0.29, 0.717) is 41.4 Å². The van der Waals surface area contributed by atoms with E-state index in [1.807, 2.05) is 23.1 Å². The Morgan fingerprint density at radius 3 is 2.81 bits per heavy atom. The number of anilines is 1. The molecule has 0 bridgehead atoms. The summed E-state index contributed by atoms with van der Waals surface area (Å²) in [6.07, 6.45) is 2.63. The summed E-state index contributed by atoms with van der Waals surface area (Å²) < 4.78 is 5.67. The van der Waals surface area contributed by atoms with Crippen molar-refractivity contribution in [3.8, 4) is 11.4 Å². The zero-order valence-corrected chi connectivity index (χ0v) is 18.5. The predicted molar refractivity (Wildman–Crippen MR) is 122 cm³/mol. The normalized spacial score (nSPS) is 15.6. The molecular formula is C22H22ClN5O2S. The van der Waals surface area contributed by atoms with Crippen LogP contribution in [0.25, 0.3) is 22.2 Å². The smallest absolute Gasteiger partial charge is 0.224 e. The van der Waals surface area contributed by atoms with Crippen molar-refractivity contribution in [2.45, 2.75) is 37.6 Å². The molecule has 1 fully saturated rings. The molecule has 1 amide bonds. The number of likely N-dealkylation sites (tertiary alicyclic amines) is 1. The van der Waals surface area contributed by atoms with E-state index in [4.69, 9.17) is 22.1 Å². The molecule has 0 aliphatic carbocycles. The first-order valence-corrected chi connectivity index (χ1v) is 11.7. The monoisotopic (exact) mass is 455 g/mol. The van der Waals surface area contributed by atoms with Crippen LogP contribution in [0.1, 0.15) is 30.4 Å². The minimum absolute atomic E-state index is 0.137. The Morgan fingerprint density at radius 1 is 1.16 bits per heavy atom. The first kappa shape index (κ1) is 20.5. The van der Waals surface area contributed by atoms with Gasteiger partial charge in [0.1, 0.15) is 0 Å². The predicted octanol–water partition coefficient (Wildman–Crippen LogP) is 4.06. The van der Waals surface area contributed by atoms with Crippen LogP contribution in [0.3, 0.4) is 0 Å². The molecule has 31 heavy (non-hydrogen) atoms. The number of nitrogens with zero attached hydrogens (tertiary/aromatic N) is 4. The van der Waals surface area contributed by atoms with Gasteiger partial charge in [0, 0.05) is 30.8 Å². The van der Waals surface area contributed by atoms with E-state index in [-0.39, 0.29) is 11.9 Å². The zero-order valence-electron chi connectivity index (χ0n) is 16.9. The van der Waals surface area contributed by atoms with Crippen molar-refractivity contribution in [1.82, 2.24) is 19.9 Å². The molecule has 3 aromatic rings. The molecule has 0 atom stereocenters. The van der Waals surface area contributed by atoms with Gasteiger partial charge in [-0.2, -0.15) is 9.97 Å². The van der Waals surface area contributed by atoms with Gasteiger partial charge in [0.15, 0.2) is 11.0 Å². The van der Waals surface area contributed by atoms with E-state index in [1.165, 1.54) is 11.8 Å². The lowest BCUT2D eigenvalue weighted by Crippen LogP contribution is -2.27. The van der Waals surface area contributed by atoms with Gasteiger partial charge in [0.2, 0.25) is 11.9 Å². The topological polar surface area (TPSA) is 94.2 Å². The number of aromatic nitrogens is 3. The lowest BCUT2D eigenvalue weighted by molar-refractivity contribution is -0.129. The fourth-order valence-corrected chi connectivity index (χ4v) is 5.34. The van der Waals surface area contributed by atoms with Gasteiger partial charge in [-0.1, -0.05) is 41.6 Å². The van der Waals surface area contributed by atoms with Crippen molar-refractivity contribution in [1.29, 1.82) is 0 Å². The van der Waals surface area contributed by atoms with Crippen LogP contribution in [-0.4, -0.2) is 44.6 Å². The first-order valence-electron chi connectivity index (χ1n) is 10.3. The fraction of sp³-hybridized carbons (Fsp3) is 0.364. The van der Waals surface area contributed by atoms with E-state index in [1.54, 1.807) is 0 Å². The Balaban J connectivity index is 1.44. The SMILES string of the molecule is Nc1nc(SCCC(=O)N2CCCC2)nc(-c2c(Cl)cc3c4c(cccc24)COC3)n1. The molecule has 2 aromatic carbocycles. The number of nitrogen functional groups attached to an aromatic ring is 1. The largest absolute Gasteiger partial charge is 0.372 e. The minimum Gasteiger partial charge on any atom is -0.372 e. The van der Waals surface area contributed by atoms with Crippen molar-refractivity contribution >= 4 is 46.0 Å². The van der Waals surface area contributed by atoms with Crippen LogP contribution in [0.15, 0.2) is 29.4 Å². The van der Waals surface area contributed by atoms with E-state index < -0.39 is 0 Å². The Morgan fingerprint density at radius 2 is 1.97 bits per heavy atom. The molecule has 1 saturated heterocycles. The molecule has 7 nitrogen and oxygen atoms in total. The summed E-state index contributed by atoms with van der Waals surface area (Å²) in [5, 5.41) is 3.17. The summed E-state index contributed by atoms with van der Waals surface area (Å²) in [4.78, 5) is 27.5. The fourth-order valence-electron chi connectivity index (χ4n) is 4.25. The minimum atomic E-state index is 0.137. The van der Waals surface area contributed by atoms with E-state index in [0.717, 1.165) is 53.4 Å². The second-order valence-electron chi connectivity index (χ2n) is 7.71. The van der Waals surface area contributed by atoms with Crippen LogP contribution in [0.2, 0.25) is 5.02 Å². The Hall–Kier alpha value is -2.42. The number of hydrogen-bond donors (Lipinski definition) is 1. The number of ether oxygens (including phenoxy) is 1. The average Bonchev–Trinajstić information content (AvgIpc) is 3.29. The lowest BCUT2D eigenvalue weighted by Gasteiger charge is -2.20. The number of nitrogens with two attached hydrogens (primary N) is 1. The summed E-state index contributed by atoms with van der Waals surface area (Å²) in [7, 11) is 0. The third-order valence-corrected chi connectivity index (χ3v) is 6.80. The second-order valence-corrected chi connectivity index (χ2v) is 9.18. The lowest BCUT2D eigenvalue weighted by atomic mass is 9.94. The van der Waals surface area contributed by atoms with Gasteiger partial charge in [0.25, 0.3) is 0 Å². The van der Waals surface area contributed by atoms with E-state index in [2.05, 4.69) is 21.0 Å². The van der Waals surface area contributed by atoms with Crippen molar-refractivity contribution in [3.05, 3.63) is 40.4 Å². The summed E-state index contributed by atoms with van der Waals surface area (Å²) >= 11 is 8.08.